The zero-order chi connectivity index (χ0) is 9.68. The largest absolute Gasteiger partial charge is 0.372 e. The van der Waals surface area contributed by atoms with Gasteiger partial charge in [0.1, 0.15) is 18.0 Å². The summed E-state index contributed by atoms with van der Waals surface area (Å²) < 4.78 is 1.64. The SMILES string of the molecule is C=CN/C=C(/NC)n1cnc(C)n1. The van der Waals surface area contributed by atoms with Gasteiger partial charge in [0.2, 0.25) is 0 Å². The van der Waals surface area contributed by atoms with Crippen LogP contribution in [0.15, 0.2) is 25.3 Å². The molecular weight excluding hydrogens is 166 g/mol. The van der Waals surface area contributed by atoms with Crippen molar-refractivity contribution >= 4 is 5.82 Å². The second-order valence-electron chi connectivity index (χ2n) is 2.39. The Morgan fingerprint density at radius 1 is 1.69 bits per heavy atom. The average Bonchev–Trinajstić information content (AvgIpc) is 2.54. The van der Waals surface area contributed by atoms with E-state index in [0.29, 0.717) is 0 Å². The molecule has 1 rings (SSSR count). The molecule has 1 aromatic rings. The summed E-state index contributed by atoms with van der Waals surface area (Å²) in [5.74, 6) is 1.54. The molecule has 0 atom stereocenters. The second-order valence-corrected chi connectivity index (χ2v) is 2.39. The maximum atomic E-state index is 4.14. The summed E-state index contributed by atoms with van der Waals surface area (Å²) in [6, 6.07) is 0. The molecule has 0 saturated carbocycles. The van der Waals surface area contributed by atoms with Crippen molar-refractivity contribution in [1.29, 1.82) is 0 Å². The van der Waals surface area contributed by atoms with Gasteiger partial charge in [0, 0.05) is 13.2 Å². The van der Waals surface area contributed by atoms with Gasteiger partial charge in [0.25, 0.3) is 0 Å². The van der Waals surface area contributed by atoms with Crippen molar-refractivity contribution in [3.63, 3.8) is 0 Å². The molecule has 0 aliphatic carbocycles. The Labute approximate surface area is 77.2 Å². The highest BCUT2D eigenvalue weighted by Crippen LogP contribution is 1.95. The van der Waals surface area contributed by atoms with Crippen molar-refractivity contribution in [2.75, 3.05) is 7.05 Å². The minimum atomic E-state index is 0.736. The molecule has 70 valence electrons. The van der Waals surface area contributed by atoms with Crippen LogP contribution in [0.5, 0.6) is 0 Å². The van der Waals surface area contributed by atoms with E-state index in [1.54, 1.807) is 23.4 Å². The third-order valence-corrected chi connectivity index (χ3v) is 1.45. The highest BCUT2D eigenvalue weighted by Gasteiger charge is 1.98. The van der Waals surface area contributed by atoms with Crippen LogP contribution < -0.4 is 10.6 Å². The molecule has 13 heavy (non-hydrogen) atoms. The van der Waals surface area contributed by atoms with Crippen LogP contribution in [0.1, 0.15) is 5.82 Å². The maximum Gasteiger partial charge on any atom is 0.148 e. The maximum absolute atomic E-state index is 4.14. The summed E-state index contributed by atoms with van der Waals surface area (Å²) >= 11 is 0. The van der Waals surface area contributed by atoms with E-state index < -0.39 is 0 Å². The van der Waals surface area contributed by atoms with Gasteiger partial charge in [-0.25, -0.2) is 9.67 Å². The predicted molar refractivity (Wildman–Crippen MR) is 51.4 cm³/mol. The molecule has 5 heteroatoms. The number of hydrogen-bond acceptors (Lipinski definition) is 4. The molecule has 0 amide bonds. The van der Waals surface area contributed by atoms with E-state index in [4.69, 9.17) is 0 Å². The highest BCUT2D eigenvalue weighted by molar-refractivity contribution is 5.39. The van der Waals surface area contributed by atoms with Crippen molar-refractivity contribution < 1.29 is 0 Å². The number of rotatable bonds is 4. The second kappa shape index (κ2) is 4.30. The van der Waals surface area contributed by atoms with Crippen molar-refractivity contribution in [3.05, 3.63) is 31.1 Å². The zero-order valence-corrected chi connectivity index (χ0v) is 7.78. The molecule has 0 fully saturated rings. The predicted octanol–water partition coefficient (Wildman–Crippen LogP) is 0.295. The molecule has 5 nitrogen and oxygen atoms in total. The molecule has 0 aliphatic heterocycles. The fraction of sp³-hybridized carbons (Fsp3) is 0.250. The minimum Gasteiger partial charge on any atom is -0.372 e. The summed E-state index contributed by atoms with van der Waals surface area (Å²) in [6.07, 6.45) is 4.98. The smallest absolute Gasteiger partial charge is 0.148 e. The number of aryl methyl sites for hydroxylation is 1. The Morgan fingerprint density at radius 2 is 2.46 bits per heavy atom. The summed E-state index contributed by atoms with van der Waals surface area (Å²) in [4.78, 5) is 4.01. The molecule has 0 unspecified atom stereocenters. The third-order valence-electron chi connectivity index (χ3n) is 1.45. The Kier molecular flexibility index (Phi) is 3.08. The Morgan fingerprint density at radius 3 is 2.92 bits per heavy atom. The Hall–Kier alpha value is -1.78. The van der Waals surface area contributed by atoms with E-state index in [1.165, 1.54) is 0 Å². The van der Waals surface area contributed by atoms with E-state index in [2.05, 4.69) is 27.3 Å². The molecule has 0 spiro atoms. The lowest BCUT2D eigenvalue weighted by Gasteiger charge is -2.04. The third kappa shape index (κ3) is 2.33. The first-order valence-corrected chi connectivity index (χ1v) is 3.91. The number of aromatic nitrogens is 3. The number of nitrogens with one attached hydrogen (secondary N) is 2. The topological polar surface area (TPSA) is 54.8 Å². The zero-order valence-electron chi connectivity index (χ0n) is 7.78. The molecule has 2 N–H and O–H groups in total. The van der Waals surface area contributed by atoms with Crippen LogP contribution in [0.25, 0.3) is 5.82 Å². The van der Waals surface area contributed by atoms with E-state index in [9.17, 15) is 0 Å². The fourth-order valence-electron chi connectivity index (χ4n) is 0.853. The molecule has 0 aliphatic rings. The van der Waals surface area contributed by atoms with Crippen LogP contribution in [0, 0.1) is 6.92 Å². The van der Waals surface area contributed by atoms with E-state index in [1.807, 2.05) is 14.0 Å². The van der Waals surface area contributed by atoms with Gasteiger partial charge in [0.05, 0.1) is 0 Å². The van der Waals surface area contributed by atoms with Gasteiger partial charge in [0.15, 0.2) is 0 Å². The Balaban J connectivity index is 2.83. The fourth-order valence-corrected chi connectivity index (χ4v) is 0.853. The standard InChI is InChI=1S/C8H13N5/c1-4-10-5-8(9-3)13-6-11-7(2)12-13/h4-6,9-10H,1H2,2-3H3/b8-5-. The minimum absolute atomic E-state index is 0.736. The lowest BCUT2D eigenvalue weighted by Crippen LogP contribution is -2.15. The summed E-state index contributed by atoms with van der Waals surface area (Å²) in [7, 11) is 1.81. The molecular formula is C8H13N5. The van der Waals surface area contributed by atoms with Crippen molar-refractivity contribution in [3.8, 4) is 0 Å². The van der Waals surface area contributed by atoms with Crippen LogP contribution >= 0.6 is 0 Å². The normalized spacial score (nSPS) is 11.1. The van der Waals surface area contributed by atoms with Crippen molar-refractivity contribution in [1.82, 2.24) is 25.4 Å². The van der Waals surface area contributed by atoms with Gasteiger partial charge in [-0.1, -0.05) is 6.58 Å². The lowest BCUT2D eigenvalue weighted by molar-refractivity contribution is 0.816. The quantitative estimate of drug-likeness (QED) is 0.697. The van der Waals surface area contributed by atoms with Crippen LogP contribution in [0.4, 0.5) is 0 Å². The number of hydrogen-bond donors (Lipinski definition) is 2. The molecule has 1 aromatic heterocycles. The highest BCUT2D eigenvalue weighted by atomic mass is 15.4. The summed E-state index contributed by atoms with van der Waals surface area (Å²) in [5, 5.41) is 9.97. The summed E-state index contributed by atoms with van der Waals surface area (Å²) in [5.41, 5.74) is 0. The Bertz CT molecular complexity index is 312. The van der Waals surface area contributed by atoms with Gasteiger partial charge >= 0.3 is 0 Å². The van der Waals surface area contributed by atoms with E-state index >= 15 is 0 Å². The number of nitrogens with zero attached hydrogens (tertiary/aromatic N) is 3. The van der Waals surface area contributed by atoms with Crippen LogP contribution in [0.3, 0.4) is 0 Å². The van der Waals surface area contributed by atoms with E-state index in [0.717, 1.165) is 11.6 Å². The molecule has 0 saturated heterocycles. The van der Waals surface area contributed by atoms with Crippen LogP contribution in [0.2, 0.25) is 0 Å². The first-order chi connectivity index (χ1) is 6.27. The molecule has 0 radical (unpaired) electrons. The van der Waals surface area contributed by atoms with Crippen molar-refractivity contribution in [2.24, 2.45) is 0 Å². The van der Waals surface area contributed by atoms with Gasteiger partial charge in [-0.3, -0.25) is 0 Å². The van der Waals surface area contributed by atoms with Gasteiger partial charge in [-0.2, -0.15) is 5.10 Å². The first-order valence-electron chi connectivity index (χ1n) is 3.91. The molecule has 0 aromatic carbocycles. The monoisotopic (exact) mass is 179 g/mol. The van der Waals surface area contributed by atoms with Crippen LogP contribution in [-0.2, 0) is 0 Å². The van der Waals surface area contributed by atoms with Gasteiger partial charge < -0.3 is 10.6 Å². The first kappa shape index (κ1) is 9.31. The van der Waals surface area contributed by atoms with Crippen LogP contribution in [-0.4, -0.2) is 21.8 Å². The lowest BCUT2D eigenvalue weighted by atomic mass is 10.7. The van der Waals surface area contributed by atoms with Crippen molar-refractivity contribution in [2.45, 2.75) is 6.92 Å². The van der Waals surface area contributed by atoms with E-state index in [-0.39, 0.29) is 0 Å². The average molecular weight is 179 g/mol. The van der Waals surface area contributed by atoms with Gasteiger partial charge in [-0.05, 0) is 13.1 Å². The molecule has 1 heterocycles. The molecule has 0 bridgehead atoms. The van der Waals surface area contributed by atoms with Gasteiger partial charge in [-0.15, -0.1) is 0 Å². The summed E-state index contributed by atoms with van der Waals surface area (Å²) in [6.45, 7) is 5.38.